The van der Waals surface area contributed by atoms with Crippen molar-refractivity contribution in [2.24, 2.45) is 0 Å². The van der Waals surface area contributed by atoms with Gasteiger partial charge in [-0.05, 0) is 49.4 Å². The minimum atomic E-state index is 0. The molecule has 1 atom stereocenters. The zero-order valence-corrected chi connectivity index (χ0v) is 18.1. The van der Waals surface area contributed by atoms with Crippen molar-refractivity contribution in [2.45, 2.75) is 18.9 Å². The molecule has 1 N–H and O–H groups in total. The molecular formula is C23H27ClN4O2. The molecular weight excluding hydrogens is 400 g/mol. The second kappa shape index (κ2) is 9.78. The molecule has 0 aliphatic carbocycles. The molecule has 7 heteroatoms. The monoisotopic (exact) mass is 426 g/mol. The zero-order valence-electron chi connectivity index (χ0n) is 17.2. The highest BCUT2D eigenvalue weighted by molar-refractivity contribution is 5.85. The number of hydrogen-bond donors (Lipinski definition) is 1. The summed E-state index contributed by atoms with van der Waals surface area (Å²) in [5.74, 6) is 0.906. The summed E-state index contributed by atoms with van der Waals surface area (Å²) >= 11 is 0. The van der Waals surface area contributed by atoms with Gasteiger partial charge in [-0.1, -0.05) is 18.2 Å². The average molecular weight is 427 g/mol. The van der Waals surface area contributed by atoms with Crippen LogP contribution in [0.2, 0.25) is 0 Å². The molecule has 0 bridgehead atoms. The molecule has 1 fully saturated rings. The molecule has 0 spiro atoms. The minimum Gasteiger partial charge on any atom is -0.497 e. The number of carbonyl (C=O) groups is 1. The van der Waals surface area contributed by atoms with E-state index in [9.17, 15) is 4.79 Å². The van der Waals surface area contributed by atoms with E-state index in [4.69, 9.17) is 9.84 Å². The molecule has 1 saturated heterocycles. The third-order valence-electron chi connectivity index (χ3n) is 5.49. The number of benzene rings is 2. The number of nitrogens with one attached hydrogen (secondary N) is 1. The predicted octanol–water partition coefficient (Wildman–Crippen LogP) is 3.33. The number of aromatic nitrogens is 2. The molecule has 4 rings (SSSR count). The van der Waals surface area contributed by atoms with Crippen LogP contribution in [0.1, 0.15) is 12.0 Å². The van der Waals surface area contributed by atoms with E-state index >= 15 is 0 Å². The first-order valence-corrected chi connectivity index (χ1v) is 9.90. The maximum Gasteiger partial charge on any atom is 0.227 e. The second-order valence-electron chi connectivity index (χ2n) is 7.34. The quantitative estimate of drug-likeness (QED) is 0.656. The van der Waals surface area contributed by atoms with Crippen molar-refractivity contribution in [3.05, 3.63) is 66.4 Å². The highest BCUT2D eigenvalue weighted by Crippen LogP contribution is 2.26. The molecule has 6 nitrogen and oxygen atoms in total. The van der Waals surface area contributed by atoms with Gasteiger partial charge in [0.25, 0.3) is 0 Å². The molecule has 1 aliphatic heterocycles. The Kier molecular flexibility index (Phi) is 7.13. The number of methoxy groups -OCH3 is 1. The number of nitrogens with zero attached hydrogens (tertiary/aromatic N) is 3. The fourth-order valence-corrected chi connectivity index (χ4v) is 3.71. The molecule has 0 radical (unpaired) electrons. The number of amides is 1. The number of halogens is 1. The van der Waals surface area contributed by atoms with Gasteiger partial charge < -0.3 is 15.0 Å². The lowest BCUT2D eigenvalue weighted by Crippen LogP contribution is -2.39. The highest BCUT2D eigenvalue weighted by Gasteiger charge is 2.25. The summed E-state index contributed by atoms with van der Waals surface area (Å²) in [7, 11) is 3.55. The van der Waals surface area contributed by atoms with Crippen LogP contribution in [0.5, 0.6) is 5.75 Å². The predicted molar refractivity (Wildman–Crippen MR) is 121 cm³/mol. The Morgan fingerprint density at radius 3 is 2.57 bits per heavy atom. The topological polar surface area (TPSA) is 59.4 Å². The number of para-hydroxylation sites is 1. The van der Waals surface area contributed by atoms with Gasteiger partial charge >= 0.3 is 0 Å². The first-order chi connectivity index (χ1) is 14.2. The Morgan fingerprint density at radius 2 is 1.93 bits per heavy atom. The number of ether oxygens (including phenoxy) is 1. The average Bonchev–Trinajstić information content (AvgIpc) is 3.44. The second-order valence-corrected chi connectivity index (χ2v) is 7.34. The maximum atomic E-state index is 13.0. The fraction of sp³-hybridized carbons (Fsp3) is 0.304. The van der Waals surface area contributed by atoms with Crippen molar-refractivity contribution in [1.82, 2.24) is 20.0 Å². The maximum absolute atomic E-state index is 13.0. The Bertz CT molecular complexity index is 967. The molecule has 1 aromatic heterocycles. The van der Waals surface area contributed by atoms with E-state index in [0.717, 1.165) is 47.8 Å². The van der Waals surface area contributed by atoms with Crippen LogP contribution >= 0.6 is 12.4 Å². The van der Waals surface area contributed by atoms with Gasteiger partial charge in [-0.25, -0.2) is 4.68 Å². The lowest BCUT2D eigenvalue weighted by molar-refractivity contribution is -0.130. The van der Waals surface area contributed by atoms with Gasteiger partial charge in [0.1, 0.15) is 5.75 Å². The van der Waals surface area contributed by atoms with Crippen molar-refractivity contribution >= 4 is 18.3 Å². The van der Waals surface area contributed by atoms with Crippen LogP contribution in [0.4, 0.5) is 0 Å². The molecule has 2 heterocycles. The Balaban J connectivity index is 0.00000256. The van der Waals surface area contributed by atoms with Crippen LogP contribution in [-0.2, 0) is 11.2 Å². The van der Waals surface area contributed by atoms with Gasteiger partial charge in [0.2, 0.25) is 5.91 Å². The van der Waals surface area contributed by atoms with Crippen molar-refractivity contribution < 1.29 is 9.53 Å². The first-order valence-electron chi connectivity index (χ1n) is 9.90. The lowest BCUT2D eigenvalue weighted by atomic mass is 10.0. The van der Waals surface area contributed by atoms with Gasteiger partial charge in [-0.3, -0.25) is 4.79 Å². The summed E-state index contributed by atoms with van der Waals surface area (Å²) in [5, 5.41) is 8.13. The standard InChI is InChI=1S/C23H26N4O2.ClH/c1-26(20-12-13-24-15-20)22(28)14-18-16-27(19-6-4-3-5-7-19)25-23(18)17-8-10-21(29-2)11-9-17;/h3-11,16,20,24H,12-15H2,1-2H3;1H. The van der Waals surface area contributed by atoms with E-state index in [1.165, 1.54) is 0 Å². The summed E-state index contributed by atoms with van der Waals surface area (Å²) in [5.41, 5.74) is 3.67. The van der Waals surface area contributed by atoms with E-state index in [0.29, 0.717) is 6.42 Å². The molecule has 30 heavy (non-hydrogen) atoms. The van der Waals surface area contributed by atoms with Crippen molar-refractivity contribution in [3.8, 4) is 22.7 Å². The van der Waals surface area contributed by atoms with Crippen LogP contribution in [-0.4, -0.2) is 53.9 Å². The molecule has 0 saturated carbocycles. The molecule has 1 aliphatic rings. The third-order valence-corrected chi connectivity index (χ3v) is 5.49. The van der Waals surface area contributed by atoms with Gasteiger partial charge in [0.15, 0.2) is 0 Å². The van der Waals surface area contributed by atoms with Gasteiger partial charge in [0, 0.05) is 37.0 Å². The van der Waals surface area contributed by atoms with E-state index in [-0.39, 0.29) is 24.4 Å². The van der Waals surface area contributed by atoms with Crippen LogP contribution in [0.25, 0.3) is 16.9 Å². The summed E-state index contributed by atoms with van der Waals surface area (Å²) in [6.45, 7) is 1.82. The third kappa shape index (κ3) is 4.66. The zero-order chi connectivity index (χ0) is 20.2. The number of likely N-dealkylation sites (N-methyl/N-ethyl adjacent to an activating group) is 1. The number of carbonyl (C=O) groups excluding carboxylic acids is 1. The largest absolute Gasteiger partial charge is 0.497 e. The van der Waals surface area contributed by atoms with Crippen LogP contribution in [0.15, 0.2) is 60.8 Å². The Labute approximate surface area is 183 Å². The molecule has 3 aromatic rings. The molecule has 1 unspecified atom stereocenters. The normalized spacial score (nSPS) is 15.5. The number of rotatable bonds is 6. The van der Waals surface area contributed by atoms with E-state index < -0.39 is 0 Å². The highest BCUT2D eigenvalue weighted by atomic mass is 35.5. The van der Waals surface area contributed by atoms with Crippen LogP contribution in [0, 0.1) is 0 Å². The van der Waals surface area contributed by atoms with Crippen molar-refractivity contribution in [3.63, 3.8) is 0 Å². The number of hydrogen-bond acceptors (Lipinski definition) is 4. The smallest absolute Gasteiger partial charge is 0.227 e. The van der Waals surface area contributed by atoms with Crippen LogP contribution in [0.3, 0.4) is 0 Å². The van der Waals surface area contributed by atoms with E-state index in [1.807, 2.05) is 77.4 Å². The van der Waals surface area contributed by atoms with E-state index in [1.54, 1.807) is 7.11 Å². The van der Waals surface area contributed by atoms with Gasteiger partial charge in [-0.15, -0.1) is 12.4 Å². The molecule has 2 aromatic carbocycles. The van der Waals surface area contributed by atoms with Crippen LogP contribution < -0.4 is 10.1 Å². The fourth-order valence-electron chi connectivity index (χ4n) is 3.71. The summed E-state index contributed by atoms with van der Waals surface area (Å²) < 4.78 is 7.12. The van der Waals surface area contributed by atoms with Gasteiger partial charge in [0.05, 0.1) is 24.9 Å². The summed E-state index contributed by atoms with van der Waals surface area (Å²) in [4.78, 5) is 14.8. The SMILES string of the molecule is COc1ccc(-c2nn(-c3ccccc3)cc2CC(=O)N(C)C2CCNC2)cc1.Cl. The summed E-state index contributed by atoms with van der Waals surface area (Å²) in [6.07, 6.45) is 3.28. The van der Waals surface area contributed by atoms with Crippen molar-refractivity contribution in [1.29, 1.82) is 0 Å². The van der Waals surface area contributed by atoms with E-state index in [2.05, 4.69) is 5.32 Å². The van der Waals surface area contributed by atoms with Crippen molar-refractivity contribution in [2.75, 3.05) is 27.2 Å². The summed E-state index contributed by atoms with van der Waals surface area (Å²) in [6, 6.07) is 18.0. The Morgan fingerprint density at radius 1 is 1.20 bits per heavy atom. The van der Waals surface area contributed by atoms with Gasteiger partial charge in [-0.2, -0.15) is 5.10 Å². The minimum absolute atomic E-state index is 0. The molecule has 158 valence electrons. The first kappa shape index (κ1) is 21.9. The Hall–Kier alpha value is -2.83. The lowest BCUT2D eigenvalue weighted by Gasteiger charge is -2.23. The molecule has 1 amide bonds.